The summed E-state index contributed by atoms with van der Waals surface area (Å²) in [4.78, 5) is 44.9. The Morgan fingerprint density at radius 2 is 1.48 bits per heavy atom. The van der Waals surface area contributed by atoms with Gasteiger partial charge in [0.1, 0.15) is 6.54 Å². The first-order valence-electron chi connectivity index (χ1n) is 7.62. The van der Waals surface area contributed by atoms with Crippen LogP contribution in [0.1, 0.15) is 11.1 Å². The van der Waals surface area contributed by atoms with E-state index in [-0.39, 0.29) is 13.1 Å². The van der Waals surface area contributed by atoms with Gasteiger partial charge in [0.05, 0.1) is 19.1 Å². The molecule has 1 atom stereocenters. The molecule has 0 fully saturated rings. The summed E-state index contributed by atoms with van der Waals surface area (Å²) in [6.45, 7) is 0.723. The Kier molecular flexibility index (Phi) is 8.07. The number of carboxylic acids is 1. The van der Waals surface area contributed by atoms with Gasteiger partial charge in [0.25, 0.3) is 0 Å². The number of aryl methyl sites for hydroxylation is 1. The monoisotopic (exact) mass is 350 g/mol. The molecule has 0 bridgehead atoms. The van der Waals surface area contributed by atoms with Crippen LogP contribution in [0.15, 0.2) is 24.3 Å². The van der Waals surface area contributed by atoms with Crippen LogP contribution < -0.4 is 21.7 Å². The van der Waals surface area contributed by atoms with Gasteiger partial charge in [0.2, 0.25) is 17.7 Å². The number of amides is 3. The maximum Gasteiger partial charge on any atom is 0.322 e. The van der Waals surface area contributed by atoms with E-state index in [1.54, 1.807) is 0 Å². The van der Waals surface area contributed by atoms with E-state index in [4.69, 9.17) is 10.8 Å². The molecule has 136 valence electrons. The normalized spacial score (nSPS) is 11.3. The van der Waals surface area contributed by atoms with Crippen molar-refractivity contribution in [3.63, 3.8) is 0 Å². The molecule has 0 aliphatic rings. The van der Waals surface area contributed by atoms with Gasteiger partial charge in [-0.15, -0.1) is 0 Å². The van der Waals surface area contributed by atoms with Gasteiger partial charge in [-0.2, -0.15) is 0 Å². The van der Waals surface area contributed by atoms with Crippen molar-refractivity contribution in [2.24, 2.45) is 5.73 Å². The summed E-state index contributed by atoms with van der Waals surface area (Å²) in [5, 5.41) is 15.1. The first-order valence-corrected chi connectivity index (χ1v) is 7.62. The topological polar surface area (TPSA) is 151 Å². The third kappa shape index (κ3) is 8.47. The third-order valence-electron chi connectivity index (χ3n) is 3.22. The van der Waals surface area contributed by atoms with Crippen LogP contribution in [-0.4, -0.2) is 54.5 Å². The molecule has 1 aromatic rings. The van der Waals surface area contributed by atoms with Gasteiger partial charge >= 0.3 is 5.97 Å². The van der Waals surface area contributed by atoms with Crippen LogP contribution in [0, 0.1) is 6.92 Å². The number of benzene rings is 1. The summed E-state index contributed by atoms with van der Waals surface area (Å²) in [5.41, 5.74) is 7.81. The first kappa shape index (κ1) is 20.1. The zero-order valence-corrected chi connectivity index (χ0v) is 13.9. The molecule has 1 aromatic carbocycles. The Bertz CT molecular complexity index is 630. The van der Waals surface area contributed by atoms with Gasteiger partial charge < -0.3 is 26.8 Å². The second-order valence-electron chi connectivity index (χ2n) is 5.46. The molecule has 0 aliphatic heterocycles. The minimum atomic E-state index is -1.19. The van der Waals surface area contributed by atoms with Gasteiger partial charge in [-0.05, 0) is 18.9 Å². The maximum atomic E-state index is 11.9. The van der Waals surface area contributed by atoms with Gasteiger partial charge in [0, 0.05) is 0 Å². The fraction of sp³-hybridized carbons (Fsp3) is 0.375. The van der Waals surface area contributed by atoms with E-state index >= 15 is 0 Å². The summed E-state index contributed by atoms with van der Waals surface area (Å²) >= 11 is 0. The number of hydrogen-bond acceptors (Lipinski definition) is 5. The molecule has 1 unspecified atom stereocenters. The average Bonchev–Trinajstić information content (AvgIpc) is 2.57. The summed E-state index contributed by atoms with van der Waals surface area (Å²) < 4.78 is 0. The number of nitrogens with two attached hydrogens (primary N) is 1. The molecule has 0 saturated heterocycles. The molecular formula is C16H22N4O5. The highest BCUT2D eigenvalue weighted by Gasteiger charge is 2.15. The lowest BCUT2D eigenvalue weighted by atomic mass is 10.0. The fourth-order valence-corrected chi connectivity index (χ4v) is 1.85. The minimum Gasteiger partial charge on any atom is -0.480 e. The first-order chi connectivity index (χ1) is 11.8. The molecule has 1 rings (SSSR count). The van der Waals surface area contributed by atoms with Crippen LogP contribution in [0.25, 0.3) is 0 Å². The van der Waals surface area contributed by atoms with E-state index in [1.807, 2.05) is 31.2 Å². The van der Waals surface area contributed by atoms with Gasteiger partial charge in [-0.25, -0.2) is 0 Å². The van der Waals surface area contributed by atoms with E-state index < -0.39 is 36.3 Å². The number of carbonyl (C=O) groups is 4. The molecule has 0 aliphatic carbocycles. The van der Waals surface area contributed by atoms with Crippen molar-refractivity contribution in [1.29, 1.82) is 0 Å². The highest BCUT2D eigenvalue weighted by Crippen LogP contribution is 2.05. The molecule has 0 aromatic heterocycles. The SMILES string of the molecule is Cc1ccc(CC(N)C(=O)NCC(=O)NCC(=O)NCC(=O)O)cc1. The number of aliphatic carboxylic acids is 1. The maximum absolute atomic E-state index is 11.9. The van der Waals surface area contributed by atoms with Gasteiger partial charge in [0.15, 0.2) is 0 Å². The van der Waals surface area contributed by atoms with Crippen LogP contribution in [0.4, 0.5) is 0 Å². The van der Waals surface area contributed by atoms with Crippen molar-refractivity contribution in [2.75, 3.05) is 19.6 Å². The summed E-state index contributed by atoms with van der Waals surface area (Å²) in [6, 6.07) is 6.80. The Hall–Kier alpha value is -2.94. The quantitative estimate of drug-likeness (QED) is 0.358. The van der Waals surface area contributed by atoms with E-state index in [1.165, 1.54) is 0 Å². The number of hydrogen-bond donors (Lipinski definition) is 5. The fourth-order valence-electron chi connectivity index (χ4n) is 1.85. The molecule has 9 nitrogen and oxygen atoms in total. The van der Waals surface area contributed by atoms with E-state index in [0.717, 1.165) is 11.1 Å². The highest BCUT2D eigenvalue weighted by atomic mass is 16.4. The summed E-state index contributed by atoms with van der Waals surface area (Å²) in [5.74, 6) is -2.89. The van der Waals surface area contributed by atoms with Crippen LogP contribution in [0.5, 0.6) is 0 Å². The smallest absolute Gasteiger partial charge is 0.322 e. The predicted octanol–water partition coefficient (Wildman–Crippen LogP) is -1.70. The molecule has 0 heterocycles. The Balaban J connectivity index is 2.27. The Morgan fingerprint density at radius 3 is 2.04 bits per heavy atom. The molecular weight excluding hydrogens is 328 g/mol. The molecule has 0 saturated carbocycles. The molecule has 6 N–H and O–H groups in total. The van der Waals surface area contributed by atoms with Crippen LogP contribution in [-0.2, 0) is 25.6 Å². The minimum absolute atomic E-state index is 0.327. The molecule has 25 heavy (non-hydrogen) atoms. The lowest BCUT2D eigenvalue weighted by Crippen LogP contribution is -2.47. The number of nitrogens with one attached hydrogen (secondary N) is 3. The van der Waals surface area contributed by atoms with E-state index in [2.05, 4.69) is 16.0 Å². The molecule has 3 amide bonds. The summed E-state index contributed by atoms with van der Waals surface area (Å²) in [6.07, 6.45) is 0.339. The average molecular weight is 350 g/mol. The predicted molar refractivity (Wildman–Crippen MR) is 89.5 cm³/mol. The van der Waals surface area contributed by atoms with E-state index in [0.29, 0.717) is 6.42 Å². The Labute approximate surface area is 145 Å². The van der Waals surface area contributed by atoms with Crippen molar-refractivity contribution in [3.05, 3.63) is 35.4 Å². The van der Waals surface area contributed by atoms with Gasteiger partial charge in [-0.1, -0.05) is 29.8 Å². The van der Waals surface area contributed by atoms with Crippen molar-refractivity contribution < 1.29 is 24.3 Å². The number of carbonyl (C=O) groups excluding carboxylic acids is 3. The number of carboxylic acid groups (broad SMARTS) is 1. The third-order valence-corrected chi connectivity index (χ3v) is 3.22. The Morgan fingerprint density at radius 1 is 0.960 bits per heavy atom. The summed E-state index contributed by atoms with van der Waals surface area (Å²) in [7, 11) is 0. The second-order valence-corrected chi connectivity index (χ2v) is 5.46. The van der Waals surface area contributed by atoms with Gasteiger partial charge in [-0.3, -0.25) is 19.2 Å². The standard InChI is InChI=1S/C16H22N4O5/c1-10-2-4-11(5-3-10)6-12(17)16(25)20-8-14(22)18-7-13(21)19-9-15(23)24/h2-5,12H,6-9,17H2,1H3,(H,18,22)(H,19,21)(H,20,25)(H,23,24). The van der Waals surface area contributed by atoms with E-state index in [9.17, 15) is 19.2 Å². The lowest BCUT2D eigenvalue weighted by Gasteiger charge is -2.12. The van der Waals surface area contributed by atoms with Crippen molar-refractivity contribution in [1.82, 2.24) is 16.0 Å². The largest absolute Gasteiger partial charge is 0.480 e. The van der Waals surface area contributed by atoms with Crippen LogP contribution in [0.2, 0.25) is 0 Å². The van der Waals surface area contributed by atoms with Crippen molar-refractivity contribution >= 4 is 23.7 Å². The highest BCUT2D eigenvalue weighted by molar-refractivity contribution is 5.90. The molecule has 0 radical (unpaired) electrons. The van der Waals surface area contributed by atoms with Crippen molar-refractivity contribution in [3.8, 4) is 0 Å². The molecule has 0 spiro atoms. The van der Waals surface area contributed by atoms with Crippen LogP contribution in [0.3, 0.4) is 0 Å². The zero-order chi connectivity index (χ0) is 18.8. The zero-order valence-electron chi connectivity index (χ0n) is 13.9. The lowest BCUT2D eigenvalue weighted by molar-refractivity contribution is -0.137. The second kappa shape index (κ2) is 10.0. The van der Waals surface area contributed by atoms with Crippen molar-refractivity contribution in [2.45, 2.75) is 19.4 Å². The van der Waals surface area contributed by atoms with Crippen LogP contribution >= 0.6 is 0 Å². The molecule has 9 heteroatoms. The number of rotatable bonds is 9.